The number of nitrogens with one attached hydrogen (secondary N) is 1. The second kappa shape index (κ2) is 8.66. The van der Waals surface area contributed by atoms with Gasteiger partial charge in [-0.15, -0.1) is 0 Å². The number of hydrogen-bond donors (Lipinski definition) is 2. The van der Waals surface area contributed by atoms with Gasteiger partial charge in [-0.05, 0) is 40.5 Å². The van der Waals surface area contributed by atoms with E-state index in [1.807, 2.05) is 30.3 Å². The molecule has 2 heterocycles. The molecule has 5 aromatic rings. The fraction of sp³-hybridized carbons (Fsp3) is 0.0714. The molecule has 0 spiro atoms. The number of rotatable bonds is 5. The fourth-order valence-corrected chi connectivity index (χ4v) is 4.73. The average molecular weight is 476 g/mol. The Balaban J connectivity index is 1.20. The first-order chi connectivity index (χ1) is 17.6. The Morgan fingerprint density at radius 2 is 1.64 bits per heavy atom. The molecule has 0 aliphatic heterocycles. The van der Waals surface area contributed by atoms with E-state index in [-0.39, 0.29) is 18.2 Å². The van der Waals surface area contributed by atoms with E-state index in [1.165, 1.54) is 21.7 Å². The predicted octanol–water partition coefficient (Wildman–Crippen LogP) is 5.46. The number of anilines is 1. The second-order valence-electron chi connectivity index (χ2n) is 8.47. The zero-order valence-corrected chi connectivity index (χ0v) is 19.0. The summed E-state index contributed by atoms with van der Waals surface area (Å²) in [6.45, 7) is 0.218. The highest BCUT2D eigenvalue weighted by molar-refractivity contribution is 5.88. The summed E-state index contributed by atoms with van der Waals surface area (Å²) in [6.07, 6.45) is 1.03. The van der Waals surface area contributed by atoms with Crippen molar-refractivity contribution in [2.45, 2.75) is 5.92 Å². The van der Waals surface area contributed by atoms with E-state index >= 15 is 0 Å². The third-order valence-electron chi connectivity index (χ3n) is 6.33. The van der Waals surface area contributed by atoms with Gasteiger partial charge in [-0.3, -0.25) is 5.32 Å². The second-order valence-corrected chi connectivity index (χ2v) is 8.47. The molecule has 0 bridgehead atoms. The van der Waals surface area contributed by atoms with Crippen molar-refractivity contribution in [2.24, 2.45) is 0 Å². The molecule has 8 heteroatoms. The molecule has 6 rings (SSSR count). The number of carbonyl (C=O) groups is 2. The first-order valence-electron chi connectivity index (χ1n) is 11.4. The fourth-order valence-electron chi connectivity index (χ4n) is 4.73. The highest BCUT2D eigenvalue weighted by atomic mass is 16.5. The minimum absolute atomic E-state index is 0.0252. The summed E-state index contributed by atoms with van der Waals surface area (Å²) < 4.78 is 7.11. The maximum absolute atomic E-state index is 12.7. The van der Waals surface area contributed by atoms with Crippen molar-refractivity contribution in [2.75, 3.05) is 11.9 Å². The molecule has 8 nitrogen and oxygen atoms in total. The summed E-state index contributed by atoms with van der Waals surface area (Å²) in [7, 11) is 0. The normalized spacial score (nSPS) is 12.2. The number of aromatic nitrogens is 3. The highest BCUT2D eigenvalue weighted by Gasteiger charge is 2.29. The monoisotopic (exact) mass is 476 g/mol. The number of carbonyl (C=O) groups excluding carboxylic acids is 1. The van der Waals surface area contributed by atoms with Crippen molar-refractivity contribution in [1.29, 1.82) is 0 Å². The van der Waals surface area contributed by atoms with Gasteiger partial charge in [0.25, 0.3) is 0 Å². The van der Waals surface area contributed by atoms with E-state index in [9.17, 15) is 14.7 Å². The van der Waals surface area contributed by atoms with Crippen molar-refractivity contribution in [3.8, 4) is 22.4 Å². The maximum Gasteiger partial charge on any atom is 0.411 e. The van der Waals surface area contributed by atoms with Gasteiger partial charge in [0, 0.05) is 29.4 Å². The van der Waals surface area contributed by atoms with Crippen molar-refractivity contribution in [3.05, 3.63) is 108 Å². The Morgan fingerprint density at radius 1 is 0.917 bits per heavy atom. The number of carboxylic acids is 1. The van der Waals surface area contributed by atoms with Crippen LogP contribution in [0.25, 0.3) is 28.0 Å². The van der Waals surface area contributed by atoms with Crippen LogP contribution in [0.5, 0.6) is 0 Å². The minimum atomic E-state index is -1.13. The van der Waals surface area contributed by atoms with Crippen LogP contribution in [0.3, 0.4) is 0 Å². The Labute approximate surface area is 205 Å². The van der Waals surface area contributed by atoms with Crippen LogP contribution in [-0.2, 0) is 4.74 Å². The third-order valence-corrected chi connectivity index (χ3v) is 6.33. The highest BCUT2D eigenvalue weighted by Crippen LogP contribution is 2.44. The Kier molecular flexibility index (Phi) is 5.19. The maximum atomic E-state index is 12.7. The van der Waals surface area contributed by atoms with Gasteiger partial charge in [0.05, 0.1) is 5.69 Å². The Bertz CT molecular complexity index is 1600. The Hall–Kier alpha value is -4.98. The summed E-state index contributed by atoms with van der Waals surface area (Å²) in [5.41, 5.74) is 6.88. The summed E-state index contributed by atoms with van der Waals surface area (Å²) in [4.78, 5) is 28.2. The standard InChI is InChI=1S/C28H20N4O4/c33-27(34)24-15-26-29-13-12-25(32(26)31-24)17-6-5-7-18(14-17)30-28(35)36-16-23-21-10-3-1-8-19(21)20-9-2-4-11-22(20)23/h1-15,23H,16H2,(H,30,35)(H,33,34). The van der Waals surface area contributed by atoms with Gasteiger partial charge in [-0.2, -0.15) is 5.10 Å². The molecule has 36 heavy (non-hydrogen) atoms. The molecule has 0 fully saturated rings. The smallest absolute Gasteiger partial charge is 0.411 e. The number of ether oxygens (including phenoxy) is 1. The molecular formula is C28H20N4O4. The van der Waals surface area contributed by atoms with Crippen LogP contribution in [0.15, 0.2) is 91.1 Å². The van der Waals surface area contributed by atoms with Crippen LogP contribution in [0.1, 0.15) is 27.5 Å². The van der Waals surface area contributed by atoms with E-state index in [0.717, 1.165) is 16.7 Å². The summed E-state index contributed by atoms with van der Waals surface area (Å²) in [5.74, 6) is -1.15. The number of hydrogen-bond acceptors (Lipinski definition) is 5. The molecule has 0 atom stereocenters. The zero-order valence-electron chi connectivity index (χ0n) is 19.0. The Morgan fingerprint density at radius 3 is 2.36 bits per heavy atom. The van der Waals surface area contributed by atoms with Crippen LogP contribution in [0.4, 0.5) is 10.5 Å². The number of aromatic carboxylic acids is 1. The topological polar surface area (TPSA) is 106 Å². The molecule has 1 aliphatic carbocycles. The van der Waals surface area contributed by atoms with Crippen LogP contribution in [0, 0.1) is 0 Å². The SMILES string of the molecule is O=C(Nc1cccc(-c2ccnc3cc(C(=O)O)nn23)c1)OCC1c2ccccc2-c2ccccc21. The van der Waals surface area contributed by atoms with E-state index in [4.69, 9.17) is 4.74 Å². The van der Waals surface area contributed by atoms with Crippen LogP contribution in [0.2, 0.25) is 0 Å². The van der Waals surface area contributed by atoms with Gasteiger partial charge < -0.3 is 9.84 Å². The number of carboxylic acid groups (broad SMARTS) is 1. The van der Waals surface area contributed by atoms with E-state index < -0.39 is 12.1 Å². The summed E-state index contributed by atoms with van der Waals surface area (Å²) in [5, 5.41) is 16.2. The number of fused-ring (bicyclic) bond motifs is 4. The van der Waals surface area contributed by atoms with Gasteiger partial charge in [0.2, 0.25) is 0 Å². The van der Waals surface area contributed by atoms with Crippen molar-refractivity contribution >= 4 is 23.4 Å². The van der Waals surface area contributed by atoms with Crippen LogP contribution >= 0.6 is 0 Å². The van der Waals surface area contributed by atoms with Crippen molar-refractivity contribution in [1.82, 2.24) is 14.6 Å². The molecule has 2 aromatic heterocycles. The average Bonchev–Trinajstić information content (AvgIpc) is 3.47. The molecule has 0 saturated heterocycles. The van der Waals surface area contributed by atoms with Crippen LogP contribution < -0.4 is 5.32 Å². The van der Waals surface area contributed by atoms with Gasteiger partial charge in [-0.1, -0.05) is 60.7 Å². The molecular weight excluding hydrogens is 456 g/mol. The quantitative estimate of drug-likeness (QED) is 0.349. The minimum Gasteiger partial charge on any atom is -0.476 e. The lowest BCUT2D eigenvalue weighted by Crippen LogP contribution is -2.17. The van der Waals surface area contributed by atoms with Gasteiger partial charge >= 0.3 is 12.1 Å². The molecule has 176 valence electrons. The van der Waals surface area contributed by atoms with Gasteiger partial charge in [0.15, 0.2) is 11.3 Å². The lowest BCUT2D eigenvalue weighted by Gasteiger charge is -2.15. The molecule has 1 aliphatic rings. The zero-order chi connectivity index (χ0) is 24.6. The lowest BCUT2D eigenvalue weighted by molar-refractivity contribution is 0.0690. The van der Waals surface area contributed by atoms with E-state index in [1.54, 1.807) is 30.5 Å². The van der Waals surface area contributed by atoms with Gasteiger partial charge in [0.1, 0.15) is 6.61 Å². The molecule has 0 unspecified atom stereocenters. The molecule has 2 N–H and O–H groups in total. The van der Waals surface area contributed by atoms with Gasteiger partial charge in [-0.25, -0.2) is 19.1 Å². The molecule has 0 radical (unpaired) electrons. The van der Waals surface area contributed by atoms with E-state index in [2.05, 4.69) is 39.7 Å². The molecule has 0 saturated carbocycles. The number of amides is 1. The van der Waals surface area contributed by atoms with Crippen LogP contribution in [-0.4, -0.2) is 38.4 Å². The lowest BCUT2D eigenvalue weighted by atomic mass is 9.98. The first kappa shape index (κ1) is 21.5. The molecule has 3 aromatic carbocycles. The van der Waals surface area contributed by atoms with Crippen molar-refractivity contribution in [3.63, 3.8) is 0 Å². The largest absolute Gasteiger partial charge is 0.476 e. The number of benzene rings is 3. The van der Waals surface area contributed by atoms with Crippen molar-refractivity contribution < 1.29 is 19.4 Å². The first-order valence-corrected chi connectivity index (χ1v) is 11.4. The van der Waals surface area contributed by atoms with E-state index in [0.29, 0.717) is 17.0 Å². The third kappa shape index (κ3) is 3.74. The predicted molar refractivity (Wildman–Crippen MR) is 134 cm³/mol. The number of nitrogens with zero attached hydrogens (tertiary/aromatic N) is 3. The summed E-state index contributed by atoms with van der Waals surface area (Å²) >= 11 is 0. The molecule has 1 amide bonds. The summed E-state index contributed by atoms with van der Waals surface area (Å²) in [6, 6.07) is 26.7.